The predicted molar refractivity (Wildman–Crippen MR) is 72.5 cm³/mol. The molecule has 1 atom stereocenters. The first-order valence-electron chi connectivity index (χ1n) is 6.85. The van der Waals surface area contributed by atoms with Gasteiger partial charge in [0.05, 0.1) is 6.61 Å². The Morgan fingerprint density at radius 2 is 2.26 bits per heavy atom. The Labute approximate surface area is 113 Å². The van der Waals surface area contributed by atoms with Crippen LogP contribution in [-0.2, 0) is 16.0 Å². The third-order valence-electron chi connectivity index (χ3n) is 4.25. The van der Waals surface area contributed by atoms with E-state index in [0.717, 1.165) is 19.4 Å². The molecule has 0 amide bonds. The van der Waals surface area contributed by atoms with Crippen LogP contribution in [-0.4, -0.2) is 37.4 Å². The van der Waals surface area contributed by atoms with Gasteiger partial charge in [-0.3, -0.25) is 4.79 Å². The van der Waals surface area contributed by atoms with Crippen molar-refractivity contribution in [1.82, 2.24) is 0 Å². The number of ether oxygens (including phenoxy) is 1. The zero-order valence-corrected chi connectivity index (χ0v) is 11.0. The summed E-state index contributed by atoms with van der Waals surface area (Å²) in [7, 11) is 0. The second-order valence-corrected chi connectivity index (χ2v) is 5.54. The lowest BCUT2D eigenvalue weighted by molar-refractivity contribution is -0.156. The highest BCUT2D eigenvalue weighted by molar-refractivity contribution is 5.76. The van der Waals surface area contributed by atoms with Gasteiger partial charge in [-0.25, -0.2) is 0 Å². The summed E-state index contributed by atoms with van der Waals surface area (Å²) >= 11 is 0. The second kappa shape index (κ2) is 4.85. The fourth-order valence-electron chi connectivity index (χ4n) is 3.15. The number of carbonyl (C=O) groups is 1. The monoisotopic (exact) mass is 261 g/mol. The third kappa shape index (κ3) is 2.21. The van der Waals surface area contributed by atoms with Crippen LogP contribution in [0.15, 0.2) is 24.3 Å². The van der Waals surface area contributed by atoms with Gasteiger partial charge in [-0.05, 0) is 30.9 Å². The maximum atomic E-state index is 11.7. The van der Waals surface area contributed by atoms with E-state index in [2.05, 4.69) is 17.0 Å². The molecule has 0 aromatic heterocycles. The van der Waals surface area contributed by atoms with Crippen LogP contribution in [0.2, 0.25) is 0 Å². The number of carboxylic acids is 1. The van der Waals surface area contributed by atoms with Crippen LogP contribution < -0.4 is 4.90 Å². The van der Waals surface area contributed by atoms with Crippen molar-refractivity contribution in [3.8, 4) is 0 Å². The number of anilines is 1. The fraction of sp³-hybridized carbons (Fsp3) is 0.533. The molecule has 2 aliphatic rings. The summed E-state index contributed by atoms with van der Waals surface area (Å²) in [4.78, 5) is 13.9. The number of fused-ring (bicyclic) bond motifs is 1. The van der Waals surface area contributed by atoms with Crippen LogP contribution in [0.4, 0.5) is 5.69 Å². The molecule has 0 saturated carbocycles. The molecule has 1 fully saturated rings. The number of carboxylic acid groups (broad SMARTS) is 1. The molecule has 3 rings (SSSR count). The van der Waals surface area contributed by atoms with Gasteiger partial charge in [0.25, 0.3) is 0 Å². The number of hydrogen-bond donors (Lipinski definition) is 1. The SMILES string of the molecule is O=C(O)C1(CN2CCc3ccccc32)CCCOC1. The molecule has 2 heterocycles. The molecular formula is C15H19NO3. The van der Waals surface area contributed by atoms with E-state index in [0.29, 0.717) is 26.2 Å². The molecule has 0 radical (unpaired) electrons. The normalized spacial score (nSPS) is 26.2. The Morgan fingerprint density at radius 1 is 1.42 bits per heavy atom. The van der Waals surface area contributed by atoms with Crippen molar-refractivity contribution in [1.29, 1.82) is 0 Å². The topological polar surface area (TPSA) is 49.8 Å². The molecule has 1 aromatic carbocycles. The van der Waals surface area contributed by atoms with E-state index >= 15 is 0 Å². The summed E-state index contributed by atoms with van der Waals surface area (Å²) in [6.45, 7) is 2.49. The average Bonchev–Trinajstić information content (AvgIpc) is 2.83. The lowest BCUT2D eigenvalue weighted by atomic mass is 9.82. The molecule has 4 nitrogen and oxygen atoms in total. The summed E-state index contributed by atoms with van der Waals surface area (Å²) < 4.78 is 5.44. The van der Waals surface area contributed by atoms with Gasteiger partial charge in [0.15, 0.2) is 0 Å². The van der Waals surface area contributed by atoms with Crippen molar-refractivity contribution in [3.05, 3.63) is 29.8 Å². The van der Waals surface area contributed by atoms with Crippen LogP contribution in [0, 0.1) is 5.41 Å². The van der Waals surface area contributed by atoms with Crippen LogP contribution in [0.25, 0.3) is 0 Å². The van der Waals surface area contributed by atoms with Crippen molar-refractivity contribution >= 4 is 11.7 Å². The Balaban J connectivity index is 1.82. The maximum absolute atomic E-state index is 11.7. The average molecular weight is 261 g/mol. The highest BCUT2D eigenvalue weighted by Gasteiger charge is 2.43. The molecule has 102 valence electrons. The standard InChI is InChI=1S/C15H19NO3/c17-14(18)15(7-3-9-19-11-15)10-16-8-6-12-4-1-2-5-13(12)16/h1-2,4-5H,3,6-11H2,(H,17,18). The number of rotatable bonds is 3. The summed E-state index contributed by atoms with van der Waals surface area (Å²) in [5.74, 6) is -0.725. The molecule has 0 spiro atoms. The van der Waals surface area contributed by atoms with Gasteiger partial charge in [-0.15, -0.1) is 0 Å². The van der Waals surface area contributed by atoms with E-state index in [1.54, 1.807) is 0 Å². The number of para-hydroxylation sites is 1. The largest absolute Gasteiger partial charge is 0.481 e. The summed E-state index contributed by atoms with van der Waals surface area (Å²) in [5, 5.41) is 9.59. The van der Waals surface area contributed by atoms with Gasteiger partial charge in [0.1, 0.15) is 5.41 Å². The fourth-order valence-corrected chi connectivity index (χ4v) is 3.15. The number of hydrogen-bond acceptors (Lipinski definition) is 3. The molecule has 19 heavy (non-hydrogen) atoms. The van der Waals surface area contributed by atoms with E-state index in [1.807, 2.05) is 12.1 Å². The van der Waals surface area contributed by atoms with Crippen LogP contribution in [0.3, 0.4) is 0 Å². The van der Waals surface area contributed by atoms with Gasteiger partial charge in [-0.2, -0.15) is 0 Å². The van der Waals surface area contributed by atoms with Crippen LogP contribution >= 0.6 is 0 Å². The molecule has 2 aliphatic heterocycles. The van der Waals surface area contributed by atoms with Crippen molar-refractivity contribution in [2.45, 2.75) is 19.3 Å². The lowest BCUT2D eigenvalue weighted by Gasteiger charge is -2.37. The van der Waals surface area contributed by atoms with E-state index < -0.39 is 11.4 Å². The Kier molecular flexibility index (Phi) is 3.19. The van der Waals surface area contributed by atoms with E-state index in [1.165, 1.54) is 11.3 Å². The molecule has 1 unspecified atom stereocenters. The minimum absolute atomic E-state index is 0.334. The maximum Gasteiger partial charge on any atom is 0.313 e. The zero-order chi connectivity index (χ0) is 13.3. The summed E-state index contributed by atoms with van der Waals surface area (Å²) in [5.41, 5.74) is 1.77. The van der Waals surface area contributed by atoms with Gasteiger partial charge < -0.3 is 14.7 Å². The van der Waals surface area contributed by atoms with Crippen molar-refractivity contribution in [2.24, 2.45) is 5.41 Å². The van der Waals surface area contributed by atoms with Gasteiger partial charge in [-0.1, -0.05) is 18.2 Å². The predicted octanol–water partition coefficient (Wildman–Crippen LogP) is 1.93. The Bertz CT molecular complexity index is 480. The molecule has 1 saturated heterocycles. The van der Waals surface area contributed by atoms with Crippen molar-refractivity contribution in [2.75, 3.05) is 31.2 Å². The zero-order valence-electron chi connectivity index (χ0n) is 11.0. The van der Waals surface area contributed by atoms with Crippen LogP contribution in [0.5, 0.6) is 0 Å². The summed E-state index contributed by atoms with van der Waals surface area (Å²) in [6, 6.07) is 8.27. The lowest BCUT2D eigenvalue weighted by Crippen LogP contribution is -2.48. The molecule has 4 heteroatoms. The van der Waals surface area contributed by atoms with Crippen molar-refractivity contribution in [3.63, 3.8) is 0 Å². The third-order valence-corrected chi connectivity index (χ3v) is 4.25. The molecular weight excluding hydrogens is 242 g/mol. The molecule has 0 bridgehead atoms. The second-order valence-electron chi connectivity index (χ2n) is 5.54. The highest BCUT2D eigenvalue weighted by atomic mass is 16.5. The first kappa shape index (κ1) is 12.5. The first-order valence-corrected chi connectivity index (χ1v) is 6.85. The quantitative estimate of drug-likeness (QED) is 0.903. The number of nitrogens with zero attached hydrogens (tertiary/aromatic N) is 1. The minimum atomic E-state index is -0.740. The number of aliphatic carboxylic acids is 1. The highest BCUT2D eigenvalue weighted by Crippen LogP contribution is 2.35. The Morgan fingerprint density at radius 3 is 3.00 bits per heavy atom. The smallest absolute Gasteiger partial charge is 0.313 e. The van der Waals surface area contributed by atoms with Gasteiger partial charge in [0, 0.05) is 25.4 Å². The molecule has 1 N–H and O–H groups in total. The molecule has 0 aliphatic carbocycles. The minimum Gasteiger partial charge on any atom is -0.481 e. The summed E-state index contributed by atoms with van der Waals surface area (Å²) in [6.07, 6.45) is 2.55. The molecule has 1 aromatic rings. The Hall–Kier alpha value is -1.55. The number of benzene rings is 1. The van der Waals surface area contributed by atoms with Gasteiger partial charge >= 0.3 is 5.97 Å². The first-order chi connectivity index (χ1) is 9.21. The van der Waals surface area contributed by atoms with Crippen molar-refractivity contribution < 1.29 is 14.6 Å². The van der Waals surface area contributed by atoms with Gasteiger partial charge in [0.2, 0.25) is 0 Å². The van der Waals surface area contributed by atoms with E-state index in [9.17, 15) is 9.90 Å². The van der Waals surface area contributed by atoms with E-state index in [-0.39, 0.29) is 0 Å². The van der Waals surface area contributed by atoms with Crippen LogP contribution in [0.1, 0.15) is 18.4 Å². The van der Waals surface area contributed by atoms with E-state index in [4.69, 9.17) is 4.74 Å².